The summed E-state index contributed by atoms with van der Waals surface area (Å²) in [5.74, 6) is -0.324. The summed E-state index contributed by atoms with van der Waals surface area (Å²) in [5, 5.41) is -1.48. The Morgan fingerprint density at radius 2 is 0.851 bits per heavy atom. The fourth-order valence-corrected chi connectivity index (χ4v) is 6.01. The van der Waals surface area contributed by atoms with Gasteiger partial charge in [0.05, 0.1) is 23.3 Å². The summed E-state index contributed by atoms with van der Waals surface area (Å²) in [6.07, 6.45) is 0. The first-order chi connectivity index (χ1) is 30.4. The molecular formula is C46H30O. The van der Waals surface area contributed by atoms with E-state index in [1.54, 1.807) is 48.5 Å². The molecule has 8 aromatic carbocycles. The van der Waals surface area contributed by atoms with E-state index in [1.807, 2.05) is 30.3 Å². The van der Waals surface area contributed by atoms with E-state index in [0.29, 0.717) is 11.1 Å². The van der Waals surface area contributed by atoms with Crippen LogP contribution in [0.5, 0.6) is 0 Å². The van der Waals surface area contributed by atoms with E-state index < -0.39 is 135 Å². The Kier molecular flexibility index (Phi) is 3.60. The first-order valence-corrected chi connectivity index (χ1v) is 14.7. The fraction of sp³-hybridized carbons (Fsp3) is 0. The van der Waals surface area contributed by atoms with Gasteiger partial charge in [-0.1, -0.05) is 169 Å². The molecule has 0 bridgehead atoms. The van der Waals surface area contributed by atoms with Crippen LogP contribution in [0.15, 0.2) is 186 Å². The van der Waals surface area contributed by atoms with Crippen LogP contribution in [-0.2, 0) is 0 Å². The molecule has 0 saturated carbocycles. The van der Waals surface area contributed by atoms with Crippen LogP contribution in [-0.4, -0.2) is 0 Å². The van der Waals surface area contributed by atoms with Crippen LogP contribution in [0.25, 0.3) is 88.3 Å². The van der Waals surface area contributed by atoms with Gasteiger partial charge in [-0.05, 0) is 67.1 Å². The summed E-state index contributed by atoms with van der Waals surface area (Å²) < 4.78 is 161. The van der Waals surface area contributed by atoms with Gasteiger partial charge >= 0.3 is 0 Å². The summed E-state index contributed by atoms with van der Waals surface area (Å²) in [4.78, 5) is 0. The van der Waals surface area contributed by atoms with Crippen molar-refractivity contribution < 1.29 is 27.7 Å². The maximum Gasteiger partial charge on any atom is 0.143 e. The summed E-state index contributed by atoms with van der Waals surface area (Å²) in [5.41, 5.74) is 0.113. The highest BCUT2D eigenvalue weighted by molar-refractivity contribution is 6.25. The molecule has 0 aliphatic rings. The number of rotatable bonds is 5. The normalized spacial score (nSPS) is 16.5. The van der Waals surface area contributed by atoms with E-state index in [4.69, 9.17) is 16.8 Å². The van der Waals surface area contributed by atoms with Crippen molar-refractivity contribution in [3.05, 3.63) is 182 Å². The van der Waals surface area contributed by atoms with Crippen molar-refractivity contribution in [2.75, 3.05) is 0 Å². The SMILES string of the molecule is [2H]c1c([2H])c([2H])c(-c2c3c([2H])c([2H])c([2H])c([2H])c3c(-c3c(-c4c([2H])c([2H])c(-c5ccccc5)c([2H])c4[2H])oc4cc(-c5ccccc5)ccc34)c3c([2H])c([2H])c([2H])c([2H])c23)c([2H])c1[2H]. The summed E-state index contributed by atoms with van der Waals surface area (Å²) >= 11 is 0. The minimum absolute atomic E-state index is 0.00882. The predicted molar refractivity (Wildman–Crippen MR) is 198 cm³/mol. The third-order valence-electron chi connectivity index (χ3n) is 8.09. The highest BCUT2D eigenvalue weighted by Gasteiger charge is 2.24. The molecule has 0 saturated heterocycles. The van der Waals surface area contributed by atoms with Crippen LogP contribution in [0.1, 0.15) is 23.3 Å². The zero-order valence-corrected chi connectivity index (χ0v) is 24.4. The second-order valence-corrected chi connectivity index (χ2v) is 10.7. The maximum absolute atomic E-state index is 9.51. The molecule has 1 heterocycles. The number of furan rings is 1. The molecule has 0 amide bonds. The van der Waals surface area contributed by atoms with Crippen molar-refractivity contribution in [2.45, 2.75) is 0 Å². The number of benzene rings is 8. The minimum Gasteiger partial charge on any atom is -0.455 e. The lowest BCUT2D eigenvalue weighted by Crippen LogP contribution is -1.91. The molecule has 0 unspecified atom stereocenters. The number of hydrogen-bond acceptors (Lipinski definition) is 1. The molecular weight excluding hydrogens is 569 g/mol. The van der Waals surface area contributed by atoms with Crippen LogP contribution >= 0.6 is 0 Å². The van der Waals surface area contributed by atoms with Gasteiger partial charge in [0.15, 0.2) is 0 Å². The lowest BCUT2D eigenvalue weighted by molar-refractivity contribution is 0.632. The lowest BCUT2D eigenvalue weighted by Gasteiger charge is -2.18. The van der Waals surface area contributed by atoms with Gasteiger partial charge in [-0.25, -0.2) is 0 Å². The fourth-order valence-electron chi connectivity index (χ4n) is 6.01. The topological polar surface area (TPSA) is 13.1 Å². The Bertz CT molecular complexity index is 3370. The molecule has 47 heavy (non-hydrogen) atoms. The molecule has 0 aliphatic carbocycles. The van der Waals surface area contributed by atoms with Crippen LogP contribution < -0.4 is 0 Å². The molecule has 0 fully saturated rings. The van der Waals surface area contributed by atoms with Gasteiger partial charge in [0, 0.05) is 22.1 Å². The largest absolute Gasteiger partial charge is 0.455 e. The highest BCUT2D eigenvalue weighted by atomic mass is 16.3. The van der Waals surface area contributed by atoms with Gasteiger partial charge in [0.25, 0.3) is 0 Å². The van der Waals surface area contributed by atoms with Crippen molar-refractivity contribution >= 4 is 32.5 Å². The Hall–Kier alpha value is -6.18. The van der Waals surface area contributed by atoms with Gasteiger partial charge < -0.3 is 4.42 Å². The first-order valence-electron chi connectivity index (χ1n) is 23.2. The number of hydrogen-bond donors (Lipinski definition) is 0. The van der Waals surface area contributed by atoms with Crippen LogP contribution in [0, 0.1) is 0 Å². The van der Waals surface area contributed by atoms with E-state index in [-0.39, 0.29) is 39.0 Å². The van der Waals surface area contributed by atoms with Crippen molar-refractivity contribution in [1.29, 1.82) is 0 Å². The standard InChI is InChI=1S/C46H30O/c1-4-14-31(15-5-1)33-24-26-35(27-25-33)46-45(41-29-28-36(30-42(41)47-46)32-16-6-2-7-17-32)44-39-22-12-10-20-37(39)43(34-18-8-3-9-19-34)38-21-11-13-23-40(38)44/h1-30H/i3D,8D,9D,10D,11D,12D,13D,18D,19D,20D,21D,22D,23D,24D,25D,26D,27D. The van der Waals surface area contributed by atoms with Crippen molar-refractivity contribution in [3.8, 4) is 55.8 Å². The molecule has 0 aliphatic heterocycles. The molecule has 1 aromatic heterocycles. The minimum atomic E-state index is -0.803. The molecule has 0 spiro atoms. The van der Waals surface area contributed by atoms with E-state index in [1.165, 1.54) is 0 Å². The van der Waals surface area contributed by atoms with Gasteiger partial charge in [-0.2, -0.15) is 0 Å². The molecule has 0 atom stereocenters. The van der Waals surface area contributed by atoms with Gasteiger partial charge in [-0.15, -0.1) is 0 Å². The monoisotopic (exact) mass is 615 g/mol. The second kappa shape index (κ2) is 11.3. The Morgan fingerprint density at radius 1 is 0.340 bits per heavy atom. The van der Waals surface area contributed by atoms with E-state index in [2.05, 4.69) is 0 Å². The Balaban J connectivity index is 1.59. The maximum atomic E-state index is 9.51. The summed E-state index contributed by atoms with van der Waals surface area (Å²) in [7, 11) is 0. The average molecular weight is 616 g/mol. The smallest absolute Gasteiger partial charge is 0.143 e. The van der Waals surface area contributed by atoms with Crippen LogP contribution in [0.3, 0.4) is 0 Å². The van der Waals surface area contributed by atoms with Gasteiger partial charge in [0.1, 0.15) is 11.3 Å². The quantitative estimate of drug-likeness (QED) is 0.176. The van der Waals surface area contributed by atoms with Crippen molar-refractivity contribution in [1.82, 2.24) is 0 Å². The summed E-state index contributed by atoms with van der Waals surface area (Å²) in [6.45, 7) is 0. The third-order valence-corrected chi connectivity index (χ3v) is 8.09. The molecule has 9 aromatic rings. The third kappa shape index (κ3) is 4.64. The zero-order chi connectivity index (χ0) is 46.0. The first kappa shape index (κ1) is 14.9. The molecule has 220 valence electrons. The van der Waals surface area contributed by atoms with Crippen molar-refractivity contribution in [3.63, 3.8) is 0 Å². The molecule has 9 rings (SSSR count). The van der Waals surface area contributed by atoms with E-state index in [0.717, 1.165) is 5.56 Å². The van der Waals surface area contributed by atoms with E-state index >= 15 is 0 Å². The predicted octanol–water partition coefficient (Wildman–Crippen LogP) is 13.1. The Labute approximate surface area is 297 Å². The molecule has 1 heteroatoms. The highest BCUT2D eigenvalue weighted by Crippen LogP contribution is 2.50. The van der Waals surface area contributed by atoms with Gasteiger partial charge in [0.2, 0.25) is 0 Å². The zero-order valence-electron chi connectivity index (χ0n) is 41.4. The van der Waals surface area contributed by atoms with Crippen LogP contribution in [0.4, 0.5) is 0 Å². The lowest BCUT2D eigenvalue weighted by atomic mass is 9.84. The summed E-state index contributed by atoms with van der Waals surface area (Å²) in [6, 6.07) is 10.5. The van der Waals surface area contributed by atoms with E-state index in [9.17, 15) is 11.0 Å². The molecule has 0 radical (unpaired) electrons. The van der Waals surface area contributed by atoms with Gasteiger partial charge in [-0.3, -0.25) is 0 Å². The average Bonchev–Trinajstić information content (AvgIpc) is 3.67. The van der Waals surface area contributed by atoms with Crippen LogP contribution in [0.2, 0.25) is 0 Å². The second-order valence-electron chi connectivity index (χ2n) is 10.7. The molecule has 0 N–H and O–H groups in total. The Morgan fingerprint density at radius 3 is 1.45 bits per heavy atom. The van der Waals surface area contributed by atoms with Crippen molar-refractivity contribution in [2.24, 2.45) is 0 Å². The molecule has 1 nitrogen and oxygen atoms in total. The number of fused-ring (bicyclic) bond motifs is 3.